The van der Waals surface area contributed by atoms with E-state index in [9.17, 15) is 9.59 Å². The molecule has 2 heterocycles. The third kappa shape index (κ3) is 6.13. The Morgan fingerprint density at radius 3 is 2.47 bits per heavy atom. The predicted octanol–water partition coefficient (Wildman–Crippen LogP) is 5.05. The zero-order chi connectivity index (χ0) is 24.1. The average Bonchev–Trinajstić information content (AvgIpc) is 3.57. The average molecular weight is 469 g/mol. The summed E-state index contributed by atoms with van der Waals surface area (Å²) in [4.78, 5) is 30.0. The monoisotopic (exact) mass is 468 g/mol. The Kier molecular flexibility index (Phi) is 7.80. The third-order valence-corrected chi connectivity index (χ3v) is 6.80. The van der Waals surface area contributed by atoms with Crippen molar-refractivity contribution < 1.29 is 23.5 Å². The van der Waals surface area contributed by atoms with Crippen molar-refractivity contribution in [2.75, 3.05) is 13.3 Å². The van der Waals surface area contributed by atoms with Crippen LogP contribution >= 0.6 is 0 Å². The van der Waals surface area contributed by atoms with Crippen molar-refractivity contribution in [3.8, 4) is 11.5 Å². The van der Waals surface area contributed by atoms with Crippen molar-refractivity contribution in [1.29, 1.82) is 0 Å². The fraction of sp³-hybridized carbons (Fsp3) is 0.556. The van der Waals surface area contributed by atoms with Gasteiger partial charge in [0.05, 0.1) is 13.1 Å². The quantitative estimate of drug-likeness (QED) is 0.488. The maximum atomic E-state index is 13.5. The van der Waals surface area contributed by atoms with Gasteiger partial charge in [0.15, 0.2) is 11.5 Å². The molecule has 0 N–H and O–H groups in total. The van der Waals surface area contributed by atoms with Gasteiger partial charge in [0, 0.05) is 19.0 Å². The number of ether oxygens (including phenoxy) is 2. The van der Waals surface area contributed by atoms with Gasteiger partial charge in [0.2, 0.25) is 18.6 Å². The van der Waals surface area contributed by atoms with E-state index in [1.807, 2.05) is 51.1 Å². The highest BCUT2D eigenvalue weighted by Crippen LogP contribution is 2.33. The second kappa shape index (κ2) is 11.0. The number of hydrogen-bond acceptors (Lipinski definition) is 5. The first-order valence-electron chi connectivity index (χ1n) is 12.4. The Hall–Kier alpha value is -2.96. The summed E-state index contributed by atoms with van der Waals surface area (Å²) in [5.41, 5.74) is 0.935. The number of benzene rings is 1. The highest BCUT2D eigenvalue weighted by Gasteiger charge is 2.26. The number of carbonyl (C=O) groups excluding carboxylic acids is 2. The van der Waals surface area contributed by atoms with Gasteiger partial charge in [-0.2, -0.15) is 0 Å². The number of fused-ring (bicyclic) bond motifs is 1. The molecule has 0 bridgehead atoms. The molecule has 1 fully saturated rings. The number of rotatable bonds is 10. The lowest BCUT2D eigenvalue weighted by molar-refractivity contribution is -0.143. The number of aryl methyl sites for hydroxylation is 1. The minimum Gasteiger partial charge on any atom is -0.464 e. The summed E-state index contributed by atoms with van der Waals surface area (Å²) in [6.45, 7) is 6.82. The lowest BCUT2D eigenvalue weighted by atomic mass is 10.0. The number of furan rings is 1. The summed E-state index contributed by atoms with van der Waals surface area (Å²) in [7, 11) is 0. The molecule has 0 atom stereocenters. The summed E-state index contributed by atoms with van der Waals surface area (Å²) >= 11 is 0. The molecule has 34 heavy (non-hydrogen) atoms. The van der Waals surface area contributed by atoms with Gasteiger partial charge in [-0.1, -0.05) is 31.7 Å². The van der Waals surface area contributed by atoms with Crippen LogP contribution in [-0.2, 0) is 22.7 Å². The Labute approximate surface area is 202 Å². The molecule has 1 aliphatic heterocycles. The zero-order valence-corrected chi connectivity index (χ0v) is 20.5. The minimum absolute atomic E-state index is 0.0433. The van der Waals surface area contributed by atoms with Crippen molar-refractivity contribution in [3.05, 3.63) is 47.4 Å². The molecule has 0 saturated heterocycles. The second-order valence-corrected chi connectivity index (χ2v) is 9.75. The Balaban J connectivity index is 1.45. The molecular weight excluding hydrogens is 432 g/mol. The molecule has 1 saturated carbocycles. The van der Waals surface area contributed by atoms with E-state index in [2.05, 4.69) is 0 Å². The number of amides is 2. The maximum Gasteiger partial charge on any atom is 0.242 e. The normalized spacial score (nSPS) is 15.2. The van der Waals surface area contributed by atoms with Crippen LogP contribution < -0.4 is 9.47 Å². The van der Waals surface area contributed by atoms with E-state index in [1.165, 1.54) is 25.7 Å². The van der Waals surface area contributed by atoms with Gasteiger partial charge in [-0.05, 0) is 62.9 Å². The van der Waals surface area contributed by atoms with Crippen LogP contribution in [0.2, 0.25) is 0 Å². The van der Waals surface area contributed by atoms with Crippen molar-refractivity contribution in [3.63, 3.8) is 0 Å². The highest BCUT2D eigenvalue weighted by atomic mass is 16.7. The van der Waals surface area contributed by atoms with Gasteiger partial charge in [0.1, 0.15) is 11.5 Å². The molecule has 4 rings (SSSR count). The summed E-state index contributed by atoms with van der Waals surface area (Å²) in [6, 6.07) is 9.45. The highest BCUT2D eigenvalue weighted by molar-refractivity contribution is 5.85. The molecule has 7 heteroatoms. The van der Waals surface area contributed by atoms with Crippen LogP contribution in [-0.4, -0.2) is 41.0 Å². The summed E-state index contributed by atoms with van der Waals surface area (Å²) in [5.74, 6) is 3.53. The molecule has 2 aliphatic rings. The smallest absolute Gasteiger partial charge is 0.242 e. The van der Waals surface area contributed by atoms with E-state index >= 15 is 0 Å². The molecule has 7 nitrogen and oxygen atoms in total. The van der Waals surface area contributed by atoms with Gasteiger partial charge >= 0.3 is 0 Å². The molecule has 2 amide bonds. The topological polar surface area (TPSA) is 72.2 Å². The Morgan fingerprint density at radius 2 is 1.76 bits per heavy atom. The first-order chi connectivity index (χ1) is 16.4. The lowest BCUT2D eigenvalue weighted by Crippen LogP contribution is -2.45. The fourth-order valence-corrected chi connectivity index (χ4v) is 4.82. The minimum atomic E-state index is -0.102. The number of carbonyl (C=O) groups is 2. The largest absolute Gasteiger partial charge is 0.464 e. The van der Waals surface area contributed by atoms with Crippen molar-refractivity contribution in [1.82, 2.24) is 9.80 Å². The van der Waals surface area contributed by atoms with Gasteiger partial charge in [-0.3, -0.25) is 9.59 Å². The van der Waals surface area contributed by atoms with Crippen LogP contribution in [0, 0.1) is 12.8 Å². The molecule has 1 aliphatic carbocycles. The maximum absolute atomic E-state index is 13.5. The molecule has 0 radical (unpaired) electrons. The van der Waals surface area contributed by atoms with Gasteiger partial charge < -0.3 is 23.7 Å². The molecule has 2 aromatic rings. The van der Waals surface area contributed by atoms with Gasteiger partial charge in [-0.15, -0.1) is 0 Å². The SMILES string of the molecule is Cc1ccc(CN(Cc2ccc3c(c2)OCO3)C(=O)CN(C(=O)CCC2CCCC2)C(C)C)o1. The molecule has 1 aromatic carbocycles. The van der Waals surface area contributed by atoms with Gasteiger partial charge in [-0.25, -0.2) is 0 Å². The first-order valence-corrected chi connectivity index (χ1v) is 12.4. The van der Waals surface area contributed by atoms with Crippen molar-refractivity contribution >= 4 is 11.8 Å². The van der Waals surface area contributed by atoms with Crippen molar-refractivity contribution in [2.24, 2.45) is 5.92 Å². The molecular formula is C27H36N2O5. The van der Waals surface area contributed by atoms with Gasteiger partial charge in [0.25, 0.3) is 0 Å². The lowest BCUT2D eigenvalue weighted by Gasteiger charge is -2.30. The van der Waals surface area contributed by atoms with Crippen LogP contribution in [0.1, 0.15) is 69.5 Å². The summed E-state index contributed by atoms with van der Waals surface area (Å²) in [5, 5.41) is 0. The zero-order valence-electron chi connectivity index (χ0n) is 20.5. The van der Waals surface area contributed by atoms with Crippen molar-refractivity contribution in [2.45, 2.75) is 78.4 Å². The van der Waals surface area contributed by atoms with E-state index in [-0.39, 0.29) is 31.2 Å². The van der Waals surface area contributed by atoms with Crippen LogP contribution in [0.5, 0.6) is 11.5 Å². The number of nitrogens with zero attached hydrogens (tertiary/aromatic N) is 2. The Bertz CT molecular complexity index is 993. The van der Waals surface area contributed by atoms with E-state index in [0.717, 1.165) is 23.5 Å². The van der Waals surface area contributed by atoms with Crippen LogP contribution in [0.15, 0.2) is 34.7 Å². The fourth-order valence-electron chi connectivity index (χ4n) is 4.82. The molecule has 0 spiro atoms. The molecule has 1 aromatic heterocycles. The number of hydrogen-bond donors (Lipinski definition) is 0. The summed E-state index contributed by atoms with van der Waals surface area (Å²) in [6.07, 6.45) is 6.41. The van der Waals surface area contributed by atoms with Crippen LogP contribution in [0.25, 0.3) is 0 Å². The second-order valence-electron chi connectivity index (χ2n) is 9.75. The molecule has 184 valence electrons. The van der Waals surface area contributed by atoms with E-state index in [0.29, 0.717) is 36.9 Å². The van der Waals surface area contributed by atoms with E-state index in [4.69, 9.17) is 13.9 Å². The summed E-state index contributed by atoms with van der Waals surface area (Å²) < 4.78 is 16.7. The third-order valence-electron chi connectivity index (χ3n) is 6.80. The first kappa shape index (κ1) is 24.2. The van der Waals surface area contributed by atoms with Crippen LogP contribution in [0.3, 0.4) is 0 Å². The van der Waals surface area contributed by atoms with E-state index < -0.39 is 0 Å². The van der Waals surface area contributed by atoms with Crippen LogP contribution in [0.4, 0.5) is 0 Å². The predicted molar refractivity (Wildman–Crippen MR) is 128 cm³/mol. The molecule has 0 unspecified atom stereocenters. The Morgan fingerprint density at radius 1 is 1.00 bits per heavy atom. The van der Waals surface area contributed by atoms with E-state index in [1.54, 1.807) is 9.80 Å². The standard InChI is InChI=1S/C27H36N2O5/c1-19(2)29(26(30)13-10-21-6-4-5-7-21)17-27(31)28(16-23-11-8-20(3)34-23)15-22-9-12-24-25(14-22)33-18-32-24/h8-9,11-12,14,19,21H,4-7,10,13,15-18H2,1-3H3.